The van der Waals surface area contributed by atoms with Crippen molar-refractivity contribution >= 4 is 21.8 Å². The fourth-order valence-corrected chi connectivity index (χ4v) is 7.76. The highest BCUT2D eigenvalue weighted by atomic mass is 32.2. The van der Waals surface area contributed by atoms with Crippen LogP contribution in [0.2, 0.25) is 0 Å². The average molecular weight is 516 g/mol. The van der Waals surface area contributed by atoms with Gasteiger partial charge in [0.05, 0.1) is 31.6 Å². The van der Waals surface area contributed by atoms with Crippen LogP contribution < -0.4 is 10.0 Å². The fourth-order valence-electron chi connectivity index (χ4n) is 7.32. The molecule has 0 radical (unpaired) electrons. The number of sulfonamides is 1. The SMILES string of the molecule is CC(=O)NC1CCN(C(=O)CC2C(O)CCC3C4(C)COC(CNS(C)(=O)=O)OC4CCC23C)C1. The van der Waals surface area contributed by atoms with Crippen LogP contribution in [0, 0.1) is 22.7 Å². The Bertz CT molecular complexity index is 930. The zero-order valence-corrected chi connectivity index (χ0v) is 22.1. The fraction of sp³-hybridized carbons (Fsp3) is 0.917. The van der Waals surface area contributed by atoms with E-state index < -0.39 is 22.4 Å². The maximum Gasteiger partial charge on any atom is 0.223 e. The molecule has 11 heteroatoms. The average Bonchev–Trinajstić information content (AvgIpc) is 3.22. The van der Waals surface area contributed by atoms with Gasteiger partial charge in [-0.15, -0.1) is 0 Å². The molecule has 0 aromatic heterocycles. The topological polar surface area (TPSA) is 134 Å². The molecule has 4 aliphatic rings. The zero-order valence-electron chi connectivity index (χ0n) is 21.3. The van der Waals surface area contributed by atoms with Crippen molar-refractivity contribution in [1.82, 2.24) is 14.9 Å². The van der Waals surface area contributed by atoms with Gasteiger partial charge < -0.3 is 24.8 Å². The van der Waals surface area contributed by atoms with Crippen LogP contribution in [0.1, 0.15) is 59.3 Å². The summed E-state index contributed by atoms with van der Waals surface area (Å²) in [6.07, 6.45) is 4.01. The Balaban J connectivity index is 1.44. The minimum atomic E-state index is -3.33. The number of fused-ring (bicyclic) bond motifs is 3. The lowest BCUT2D eigenvalue weighted by atomic mass is 9.46. The van der Waals surface area contributed by atoms with Crippen molar-refractivity contribution in [2.24, 2.45) is 22.7 Å². The van der Waals surface area contributed by atoms with Crippen molar-refractivity contribution in [3.63, 3.8) is 0 Å². The van der Waals surface area contributed by atoms with Gasteiger partial charge in [-0.1, -0.05) is 13.8 Å². The number of hydrogen-bond acceptors (Lipinski definition) is 7. The number of rotatable bonds is 6. The van der Waals surface area contributed by atoms with E-state index in [2.05, 4.69) is 23.9 Å². The number of nitrogens with zero attached hydrogens (tertiary/aromatic N) is 1. The first-order valence-electron chi connectivity index (χ1n) is 12.8. The highest BCUT2D eigenvalue weighted by molar-refractivity contribution is 7.88. The molecule has 0 spiro atoms. The first-order valence-corrected chi connectivity index (χ1v) is 14.7. The molecule has 0 aromatic carbocycles. The first-order chi connectivity index (χ1) is 16.3. The molecule has 4 fully saturated rings. The third kappa shape index (κ3) is 5.53. The summed E-state index contributed by atoms with van der Waals surface area (Å²) in [5.74, 6) is 0.0122. The summed E-state index contributed by atoms with van der Waals surface area (Å²) in [7, 11) is -3.33. The molecule has 0 aromatic rings. The Morgan fingerprint density at radius 1 is 1.14 bits per heavy atom. The Labute approximate surface area is 208 Å². The molecule has 2 saturated heterocycles. The van der Waals surface area contributed by atoms with Gasteiger partial charge in [0.25, 0.3) is 0 Å². The molecule has 0 bridgehead atoms. The van der Waals surface area contributed by atoms with Crippen LogP contribution in [0.25, 0.3) is 0 Å². The van der Waals surface area contributed by atoms with E-state index in [1.54, 1.807) is 0 Å². The van der Waals surface area contributed by atoms with Crippen molar-refractivity contribution in [3.8, 4) is 0 Å². The predicted octanol–water partition coefficient (Wildman–Crippen LogP) is 0.598. The van der Waals surface area contributed by atoms with Crippen LogP contribution in [0.5, 0.6) is 0 Å². The molecule has 2 saturated carbocycles. The van der Waals surface area contributed by atoms with Crippen LogP contribution in [0.15, 0.2) is 0 Å². The van der Waals surface area contributed by atoms with E-state index in [0.29, 0.717) is 32.5 Å². The van der Waals surface area contributed by atoms with Gasteiger partial charge in [-0.05, 0) is 49.4 Å². The summed E-state index contributed by atoms with van der Waals surface area (Å²) < 4.78 is 37.6. The van der Waals surface area contributed by atoms with E-state index in [-0.39, 0.29) is 53.2 Å². The highest BCUT2D eigenvalue weighted by Gasteiger charge is 2.61. The third-order valence-corrected chi connectivity index (χ3v) is 9.78. The number of ether oxygens (including phenoxy) is 2. The van der Waals surface area contributed by atoms with E-state index >= 15 is 0 Å². The number of amides is 2. The molecule has 35 heavy (non-hydrogen) atoms. The standard InChI is InChI=1S/C24H41N3O7S/c1-15(28)26-16-8-10-27(13-16)21(30)11-17-18(29)5-6-19-23(17,2)9-7-20-24(19,3)14-33-22(34-20)12-25-35(4,31)32/h16-20,22,25,29H,5-14H2,1-4H3,(H,26,28). The van der Waals surface area contributed by atoms with E-state index in [1.165, 1.54) is 6.92 Å². The Kier molecular flexibility index (Phi) is 7.57. The number of carbonyl (C=O) groups excluding carboxylic acids is 2. The number of hydrogen-bond donors (Lipinski definition) is 3. The third-order valence-electron chi connectivity index (χ3n) is 9.09. The van der Waals surface area contributed by atoms with Crippen molar-refractivity contribution in [2.45, 2.75) is 83.8 Å². The van der Waals surface area contributed by atoms with Crippen LogP contribution >= 0.6 is 0 Å². The van der Waals surface area contributed by atoms with E-state index in [9.17, 15) is 23.1 Å². The number of aliphatic hydroxyl groups excluding tert-OH is 1. The summed E-state index contributed by atoms with van der Waals surface area (Å²) in [6, 6.07) is -0.00733. The number of carbonyl (C=O) groups is 2. The first kappa shape index (κ1) is 26.8. The van der Waals surface area contributed by atoms with Crippen LogP contribution in [0.4, 0.5) is 0 Å². The molecule has 4 rings (SSSR count). The monoisotopic (exact) mass is 515 g/mol. The van der Waals surface area contributed by atoms with E-state index in [0.717, 1.165) is 31.9 Å². The minimum Gasteiger partial charge on any atom is -0.393 e. The molecule has 200 valence electrons. The number of likely N-dealkylation sites (tertiary alicyclic amines) is 1. The summed E-state index contributed by atoms with van der Waals surface area (Å²) in [5.41, 5.74) is -0.514. The lowest BCUT2D eigenvalue weighted by Crippen LogP contribution is -2.63. The zero-order chi connectivity index (χ0) is 25.6. The number of nitrogens with one attached hydrogen (secondary N) is 2. The highest BCUT2D eigenvalue weighted by Crippen LogP contribution is 2.62. The second-order valence-corrected chi connectivity index (χ2v) is 13.4. The minimum absolute atomic E-state index is 0.00733. The normalized spacial score (nSPS) is 41.7. The molecule has 8 atom stereocenters. The van der Waals surface area contributed by atoms with Crippen molar-refractivity contribution in [1.29, 1.82) is 0 Å². The van der Waals surface area contributed by atoms with Crippen molar-refractivity contribution in [2.75, 3.05) is 32.5 Å². The van der Waals surface area contributed by atoms with Crippen molar-refractivity contribution in [3.05, 3.63) is 0 Å². The van der Waals surface area contributed by atoms with Crippen LogP contribution in [0.3, 0.4) is 0 Å². The van der Waals surface area contributed by atoms with Gasteiger partial charge in [0.2, 0.25) is 21.8 Å². The second kappa shape index (κ2) is 9.89. The molecular weight excluding hydrogens is 474 g/mol. The Morgan fingerprint density at radius 2 is 1.89 bits per heavy atom. The Morgan fingerprint density at radius 3 is 2.57 bits per heavy atom. The predicted molar refractivity (Wildman–Crippen MR) is 129 cm³/mol. The molecule has 2 heterocycles. The van der Waals surface area contributed by atoms with Gasteiger partial charge in [-0.2, -0.15) is 0 Å². The largest absolute Gasteiger partial charge is 0.393 e. The molecule has 10 nitrogen and oxygen atoms in total. The maximum absolute atomic E-state index is 13.3. The molecule has 8 unspecified atom stereocenters. The van der Waals surface area contributed by atoms with E-state index in [4.69, 9.17) is 9.47 Å². The molecule has 3 N–H and O–H groups in total. The summed E-state index contributed by atoms with van der Waals surface area (Å²) >= 11 is 0. The Hall–Kier alpha value is -1.27. The van der Waals surface area contributed by atoms with Gasteiger partial charge >= 0.3 is 0 Å². The molecular formula is C24H41N3O7S. The molecule has 2 aliphatic carbocycles. The summed E-state index contributed by atoms with van der Waals surface area (Å²) in [5, 5.41) is 13.9. The van der Waals surface area contributed by atoms with Crippen LogP contribution in [-0.2, 0) is 29.1 Å². The quantitative estimate of drug-likeness (QED) is 0.472. The molecule has 2 aliphatic heterocycles. The summed E-state index contributed by atoms with van der Waals surface area (Å²) in [4.78, 5) is 26.5. The lowest BCUT2D eigenvalue weighted by Gasteiger charge is -2.63. The van der Waals surface area contributed by atoms with Gasteiger partial charge in [-0.3, -0.25) is 9.59 Å². The smallest absolute Gasteiger partial charge is 0.223 e. The van der Waals surface area contributed by atoms with E-state index in [1.807, 2.05) is 4.90 Å². The molecule has 2 amide bonds. The van der Waals surface area contributed by atoms with Gasteiger partial charge in [0.1, 0.15) is 0 Å². The van der Waals surface area contributed by atoms with Gasteiger partial charge in [0, 0.05) is 37.9 Å². The van der Waals surface area contributed by atoms with Crippen LogP contribution in [-0.4, -0.2) is 87.3 Å². The van der Waals surface area contributed by atoms with Gasteiger partial charge in [0.15, 0.2) is 6.29 Å². The second-order valence-electron chi connectivity index (χ2n) is 11.6. The van der Waals surface area contributed by atoms with Crippen molar-refractivity contribution < 1.29 is 32.6 Å². The maximum atomic E-state index is 13.3. The summed E-state index contributed by atoms with van der Waals surface area (Å²) in [6.45, 7) is 7.55. The van der Waals surface area contributed by atoms with Gasteiger partial charge in [-0.25, -0.2) is 13.1 Å². The number of aliphatic hydroxyl groups is 1. The lowest BCUT2D eigenvalue weighted by molar-refractivity contribution is -0.306.